The second-order valence-electron chi connectivity index (χ2n) is 5.86. The zero-order chi connectivity index (χ0) is 15.6. The summed E-state index contributed by atoms with van der Waals surface area (Å²) in [5.41, 5.74) is 1.25. The Balaban J connectivity index is 1.73. The van der Waals surface area contributed by atoms with E-state index in [0.717, 1.165) is 45.3 Å². The number of carbonyl (C=O) groups excluding carboxylic acids is 1. The van der Waals surface area contributed by atoms with Gasteiger partial charge < -0.3 is 15.0 Å². The minimum absolute atomic E-state index is 0.141. The van der Waals surface area contributed by atoms with Crippen molar-refractivity contribution >= 4 is 5.91 Å². The normalized spacial score (nSPS) is 15.7. The van der Waals surface area contributed by atoms with Crippen LogP contribution in [0.2, 0.25) is 0 Å². The van der Waals surface area contributed by atoms with Gasteiger partial charge >= 0.3 is 0 Å². The van der Waals surface area contributed by atoms with Gasteiger partial charge in [-0.25, -0.2) is 0 Å². The lowest BCUT2D eigenvalue weighted by Crippen LogP contribution is -2.47. The van der Waals surface area contributed by atoms with Crippen LogP contribution in [0.5, 0.6) is 0 Å². The topological polar surface area (TPSA) is 41.6 Å². The molecule has 1 heterocycles. The average molecular weight is 304 g/mol. The van der Waals surface area contributed by atoms with Crippen molar-refractivity contribution in [3.8, 4) is 0 Å². The first kappa shape index (κ1) is 17.0. The molecule has 0 saturated carbocycles. The number of carbonyl (C=O) groups is 1. The molecule has 2 rings (SSSR count). The highest BCUT2D eigenvalue weighted by Gasteiger charge is 2.24. The monoisotopic (exact) mass is 304 g/mol. The van der Waals surface area contributed by atoms with Gasteiger partial charge in [0.15, 0.2) is 0 Å². The maximum Gasteiger partial charge on any atom is 0.248 e. The molecule has 1 N–H and O–H groups in total. The molecular weight excluding hydrogens is 276 g/mol. The Morgan fingerprint density at radius 2 is 2.00 bits per heavy atom. The molecule has 4 heteroatoms. The third-order valence-corrected chi connectivity index (χ3v) is 4.14. The number of rotatable bonds is 8. The van der Waals surface area contributed by atoms with Crippen molar-refractivity contribution in [3.63, 3.8) is 0 Å². The summed E-state index contributed by atoms with van der Waals surface area (Å²) in [5.74, 6) is 0.141. The van der Waals surface area contributed by atoms with E-state index >= 15 is 0 Å². The molecule has 1 fully saturated rings. The molecule has 1 amide bonds. The lowest BCUT2D eigenvalue weighted by molar-refractivity contribution is -0.139. The minimum Gasteiger partial charge on any atom is -0.371 e. The van der Waals surface area contributed by atoms with Crippen LogP contribution in [0.15, 0.2) is 30.3 Å². The predicted octanol–water partition coefficient (Wildman–Crippen LogP) is 2.24. The van der Waals surface area contributed by atoms with Crippen LogP contribution >= 0.6 is 0 Å². The quantitative estimate of drug-likeness (QED) is 0.749. The highest BCUT2D eigenvalue weighted by atomic mass is 16.5. The highest BCUT2D eigenvalue weighted by molar-refractivity contribution is 5.77. The summed E-state index contributed by atoms with van der Waals surface area (Å²) >= 11 is 0. The molecule has 22 heavy (non-hydrogen) atoms. The number of nitrogens with zero attached hydrogens (tertiary/aromatic N) is 1. The number of benzene rings is 1. The van der Waals surface area contributed by atoms with Crippen LogP contribution in [0.1, 0.15) is 31.7 Å². The summed E-state index contributed by atoms with van der Waals surface area (Å²) in [7, 11) is 0. The molecule has 0 aliphatic carbocycles. The van der Waals surface area contributed by atoms with E-state index in [4.69, 9.17) is 4.74 Å². The first-order valence-corrected chi connectivity index (χ1v) is 8.43. The van der Waals surface area contributed by atoms with Crippen LogP contribution in [-0.2, 0) is 16.0 Å². The number of hydrogen-bond donors (Lipinski definition) is 1. The van der Waals surface area contributed by atoms with Crippen molar-refractivity contribution in [1.29, 1.82) is 0 Å². The van der Waals surface area contributed by atoms with Crippen molar-refractivity contribution in [2.75, 3.05) is 32.8 Å². The highest BCUT2D eigenvalue weighted by Crippen LogP contribution is 2.13. The van der Waals surface area contributed by atoms with Crippen molar-refractivity contribution in [3.05, 3.63) is 35.9 Å². The molecule has 1 aliphatic rings. The van der Waals surface area contributed by atoms with E-state index in [2.05, 4.69) is 24.4 Å². The van der Waals surface area contributed by atoms with Crippen LogP contribution in [0.4, 0.5) is 0 Å². The molecule has 4 nitrogen and oxygen atoms in total. The van der Waals surface area contributed by atoms with E-state index in [0.29, 0.717) is 12.6 Å². The zero-order valence-corrected chi connectivity index (χ0v) is 13.6. The van der Waals surface area contributed by atoms with Crippen molar-refractivity contribution < 1.29 is 9.53 Å². The van der Waals surface area contributed by atoms with Gasteiger partial charge in [0.05, 0.1) is 6.61 Å². The van der Waals surface area contributed by atoms with Gasteiger partial charge in [0.2, 0.25) is 5.91 Å². The first-order valence-electron chi connectivity index (χ1n) is 8.43. The second-order valence-corrected chi connectivity index (χ2v) is 5.86. The van der Waals surface area contributed by atoms with Crippen molar-refractivity contribution in [1.82, 2.24) is 10.2 Å². The van der Waals surface area contributed by atoms with Crippen molar-refractivity contribution in [2.45, 2.75) is 38.6 Å². The van der Waals surface area contributed by atoms with E-state index in [-0.39, 0.29) is 12.5 Å². The minimum atomic E-state index is 0.141. The molecule has 0 spiro atoms. The second kappa shape index (κ2) is 9.59. The number of ether oxygens (including phenoxy) is 1. The Bertz CT molecular complexity index is 430. The summed E-state index contributed by atoms with van der Waals surface area (Å²) in [5, 5.41) is 3.35. The molecule has 1 aromatic carbocycles. The molecular formula is C18H28N2O2. The Morgan fingerprint density at radius 3 is 2.68 bits per heavy atom. The van der Waals surface area contributed by atoms with Gasteiger partial charge in [0.25, 0.3) is 0 Å². The van der Waals surface area contributed by atoms with Crippen LogP contribution in [0.25, 0.3) is 0 Å². The third kappa shape index (κ3) is 5.43. The molecule has 0 radical (unpaired) electrons. The fourth-order valence-corrected chi connectivity index (χ4v) is 2.95. The van der Waals surface area contributed by atoms with E-state index in [1.54, 1.807) is 0 Å². The van der Waals surface area contributed by atoms with Crippen molar-refractivity contribution in [2.24, 2.45) is 0 Å². The maximum atomic E-state index is 12.4. The molecule has 0 aromatic heterocycles. The van der Waals surface area contributed by atoms with Crippen LogP contribution < -0.4 is 5.32 Å². The molecule has 0 atom stereocenters. The lowest BCUT2D eigenvalue weighted by Gasteiger charge is -2.34. The fraction of sp³-hybridized carbons (Fsp3) is 0.611. The van der Waals surface area contributed by atoms with Crippen LogP contribution in [0, 0.1) is 0 Å². The van der Waals surface area contributed by atoms with E-state index in [1.807, 2.05) is 23.1 Å². The Hall–Kier alpha value is -1.39. The van der Waals surface area contributed by atoms with E-state index in [1.165, 1.54) is 5.56 Å². The van der Waals surface area contributed by atoms with Crippen LogP contribution in [-0.4, -0.2) is 49.7 Å². The molecule has 0 bridgehead atoms. The SMILES string of the molecule is CCCN(C(=O)COCCc1ccccc1)C1CCNCC1. The number of hydrogen-bond acceptors (Lipinski definition) is 3. The Labute approximate surface area is 133 Å². The van der Waals surface area contributed by atoms with Gasteiger partial charge in [0.1, 0.15) is 6.61 Å². The summed E-state index contributed by atoms with van der Waals surface area (Å²) in [4.78, 5) is 14.5. The van der Waals surface area contributed by atoms with E-state index < -0.39 is 0 Å². The molecule has 1 saturated heterocycles. The summed E-state index contributed by atoms with van der Waals surface area (Å²) < 4.78 is 5.61. The maximum absolute atomic E-state index is 12.4. The van der Waals surface area contributed by atoms with Gasteiger partial charge in [-0.15, -0.1) is 0 Å². The largest absolute Gasteiger partial charge is 0.371 e. The Morgan fingerprint density at radius 1 is 1.27 bits per heavy atom. The smallest absolute Gasteiger partial charge is 0.248 e. The molecule has 122 valence electrons. The first-order chi connectivity index (χ1) is 10.8. The summed E-state index contributed by atoms with van der Waals surface area (Å²) in [6.07, 6.45) is 3.96. The predicted molar refractivity (Wildman–Crippen MR) is 88.9 cm³/mol. The molecule has 1 aromatic rings. The van der Waals surface area contributed by atoms with E-state index in [9.17, 15) is 4.79 Å². The third-order valence-electron chi connectivity index (χ3n) is 4.14. The Kier molecular flexibility index (Phi) is 7.40. The zero-order valence-electron chi connectivity index (χ0n) is 13.6. The van der Waals surface area contributed by atoms with Crippen LogP contribution in [0.3, 0.4) is 0 Å². The number of amides is 1. The van der Waals surface area contributed by atoms with Gasteiger partial charge in [-0.1, -0.05) is 37.3 Å². The lowest BCUT2D eigenvalue weighted by atomic mass is 10.0. The van der Waals surface area contributed by atoms with Gasteiger partial charge in [-0.3, -0.25) is 4.79 Å². The summed E-state index contributed by atoms with van der Waals surface area (Å²) in [6.45, 7) is 5.78. The van der Waals surface area contributed by atoms with Gasteiger partial charge in [-0.2, -0.15) is 0 Å². The average Bonchev–Trinajstić information content (AvgIpc) is 2.58. The summed E-state index contributed by atoms with van der Waals surface area (Å²) in [6, 6.07) is 10.6. The standard InChI is InChI=1S/C18H28N2O2/c1-2-13-20(17-8-11-19-12-9-17)18(21)15-22-14-10-16-6-4-3-5-7-16/h3-7,17,19H,2,8-15H2,1H3. The number of nitrogens with one attached hydrogen (secondary N) is 1. The van der Waals surface area contributed by atoms with Gasteiger partial charge in [0, 0.05) is 12.6 Å². The fourth-order valence-electron chi connectivity index (χ4n) is 2.95. The number of piperidine rings is 1. The molecule has 0 unspecified atom stereocenters. The molecule has 1 aliphatic heterocycles. The van der Waals surface area contributed by atoms with Gasteiger partial charge in [-0.05, 0) is 44.3 Å².